The van der Waals surface area contributed by atoms with E-state index in [-0.39, 0.29) is 23.3 Å². The highest BCUT2D eigenvalue weighted by Crippen LogP contribution is 2.10. The molecule has 1 amide bonds. The van der Waals surface area contributed by atoms with Crippen LogP contribution in [-0.4, -0.2) is 27.4 Å². The monoisotopic (exact) mass is 326 g/mol. The minimum absolute atomic E-state index is 0.00167. The molecule has 124 valence electrons. The highest BCUT2D eigenvalue weighted by Gasteiger charge is 2.15. The molecular formula is C16H26N2O3S. The molecule has 0 spiro atoms. The van der Waals surface area contributed by atoms with Crippen LogP contribution < -0.4 is 10.0 Å². The first kappa shape index (κ1) is 18.6. The summed E-state index contributed by atoms with van der Waals surface area (Å²) in [5.74, 6) is -0.0188. The highest BCUT2D eigenvalue weighted by molar-refractivity contribution is 7.89. The smallest absolute Gasteiger partial charge is 0.240 e. The average molecular weight is 326 g/mol. The van der Waals surface area contributed by atoms with Crippen LogP contribution in [0.5, 0.6) is 0 Å². The zero-order valence-electron chi connectivity index (χ0n) is 13.6. The van der Waals surface area contributed by atoms with E-state index in [2.05, 4.69) is 10.0 Å². The van der Waals surface area contributed by atoms with Gasteiger partial charge >= 0.3 is 0 Å². The van der Waals surface area contributed by atoms with Crippen molar-refractivity contribution < 1.29 is 13.2 Å². The lowest BCUT2D eigenvalue weighted by Gasteiger charge is -2.13. The number of sulfonamides is 1. The fourth-order valence-electron chi connectivity index (χ4n) is 2.16. The molecule has 0 bridgehead atoms. The first-order chi connectivity index (χ1) is 10.4. The lowest BCUT2D eigenvalue weighted by molar-refractivity contribution is -0.125. The number of nitrogens with one attached hydrogen (secondary N) is 2. The minimum atomic E-state index is -3.52. The molecule has 0 heterocycles. The molecule has 0 fully saturated rings. The number of hydrogen-bond donors (Lipinski definition) is 2. The molecule has 0 radical (unpaired) electrons. The van der Waals surface area contributed by atoms with E-state index >= 15 is 0 Å². The van der Waals surface area contributed by atoms with Crippen molar-refractivity contribution >= 4 is 15.9 Å². The number of amides is 1. The lowest BCUT2D eigenvalue weighted by Crippen LogP contribution is -2.37. The van der Waals surface area contributed by atoms with Crippen molar-refractivity contribution in [3.05, 3.63) is 29.8 Å². The molecule has 1 aromatic carbocycles. The third-order valence-corrected chi connectivity index (χ3v) is 5.19. The Morgan fingerprint density at radius 2 is 1.64 bits per heavy atom. The van der Waals surface area contributed by atoms with Crippen LogP contribution in [0.15, 0.2) is 29.2 Å². The van der Waals surface area contributed by atoms with E-state index < -0.39 is 10.0 Å². The molecule has 0 aliphatic heterocycles. The topological polar surface area (TPSA) is 75.3 Å². The Morgan fingerprint density at radius 1 is 1.05 bits per heavy atom. The Bertz CT molecular complexity index is 564. The lowest BCUT2D eigenvalue weighted by atomic mass is 10.0. The molecule has 0 aromatic heterocycles. The van der Waals surface area contributed by atoms with Gasteiger partial charge in [-0.3, -0.25) is 4.79 Å². The molecule has 6 heteroatoms. The summed E-state index contributed by atoms with van der Waals surface area (Å²) in [6, 6.07) is 6.82. The Morgan fingerprint density at radius 3 is 2.14 bits per heavy atom. The normalized spacial score (nSPS) is 11.6. The molecule has 22 heavy (non-hydrogen) atoms. The quantitative estimate of drug-likeness (QED) is 0.682. The van der Waals surface area contributed by atoms with Gasteiger partial charge in [-0.15, -0.1) is 0 Å². The van der Waals surface area contributed by atoms with E-state index in [0.717, 1.165) is 24.8 Å². The molecule has 1 rings (SSSR count). The van der Waals surface area contributed by atoms with E-state index in [1.54, 1.807) is 12.1 Å². The molecular weight excluding hydrogens is 300 g/mol. The van der Waals surface area contributed by atoms with Gasteiger partial charge in [0.1, 0.15) is 0 Å². The van der Waals surface area contributed by atoms with Crippen molar-refractivity contribution in [1.82, 2.24) is 10.0 Å². The Labute approximate surface area is 133 Å². The summed E-state index contributed by atoms with van der Waals surface area (Å²) in [6.07, 6.45) is 2.45. The second-order valence-corrected chi connectivity index (χ2v) is 6.97. The molecule has 0 saturated carbocycles. The Kier molecular flexibility index (Phi) is 7.55. The molecule has 1 aromatic rings. The Hall–Kier alpha value is -1.40. The van der Waals surface area contributed by atoms with Crippen LogP contribution in [0.3, 0.4) is 0 Å². The first-order valence-electron chi connectivity index (χ1n) is 7.80. The second kappa shape index (κ2) is 8.90. The van der Waals surface area contributed by atoms with Crippen molar-refractivity contribution in [2.45, 2.75) is 44.9 Å². The standard InChI is InChI=1S/C16H26N2O3S/c1-4-13-7-9-15(10-8-13)22(20,21)18-12-11-17-16(19)14(5-2)6-3/h7-10,14,18H,4-6,11-12H2,1-3H3,(H,17,19). The molecule has 5 nitrogen and oxygen atoms in total. The van der Waals surface area contributed by atoms with Gasteiger partial charge in [0.05, 0.1) is 4.90 Å². The van der Waals surface area contributed by atoms with Crippen LogP contribution >= 0.6 is 0 Å². The van der Waals surface area contributed by atoms with E-state index in [1.165, 1.54) is 0 Å². The van der Waals surface area contributed by atoms with Crippen LogP contribution in [-0.2, 0) is 21.2 Å². The zero-order valence-corrected chi connectivity index (χ0v) is 14.4. The number of hydrogen-bond acceptors (Lipinski definition) is 3. The van der Waals surface area contributed by atoms with E-state index in [0.29, 0.717) is 6.54 Å². The average Bonchev–Trinajstić information content (AvgIpc) is 2.53. The first-order valence-corrected chi connectivity index (χ1v) is 9.29. The third-order valence-electron chi connectivity index (χ3n) is 3.71. The molecule has 0 aliphatic carbocycles. The van der Waals surface area contributed by atoms with Crippen LogP contribution in [0.2, 0.25) is 0 Å². The maximum absolute atomic E-state index is 12.1. The number of benzene rings is 1. The van der Waals surface area contributed by atoms with Crippen molar-refractivity contribution in [2.24, 2.45) is 5.92 Å². The fourth-order valence-corrected chi connectivity index (χ4v) is 3.19. The van der Waals surface area contributed by atoms with Gasteiger partial charge in [-0.1, -0.05) is 32.9 Å². The number of aryl methyl sites for hydroxylation is 1. The van der Waals surface area contributed by atoms with Gasteiger partial charge in [0.2, 0.25) is 15.9 Å². The van der Waals surface area contributed by atoms with Crippen molar-refractivity contribution in [1.29, 1.82) is 0 Å². The summed E-state index contributed by atoms with van der Waals surface area (Å²) in [5.41, 5.74) is 1.09. The molecule has 0 saturated heterocycles. The second-order valence-electron chi connectivity index (χ2n) is 5.20. The summed E-state index contributed by atoms with van der Waals surface area (Å²) in [6.45, 7) is 6.43. The highest BCUT2D eigenvalue weighted by atomic mass is 32.2. The van der Waals surface area contributed by atoms with Gasteiger partial charge < -0.3 is 5.32 Å². The largest absolute Gasteiger partial charge is 0.355 e. The SMILES string of the molecule is CCc1ccc(S(=O)(=O)NCCNC(=O)C(CC)CC)cc1. The van der Waals surface area contributed by atoms with Crippen molar-refractivity contribution in [3.8, 4) is 0 Å². The van der Waals surface area contributed by atoms with Gasteiger partial charge in [-0.05, 0) is 37.0 Å². The van der Waals surface area contributed by atoms with Crippen molar-refractivity contribution in [2.75, 3.05) is 13.1 Å². The summed E-state index contributed by atoms with van der Waals surface area (Å²) < 4.78 is 26.7. The summed E-state index contributed by atoms with van der Waals surface area (Å²) >= 11 is 0. The molecule has 0 atom stereocenters. The van der Waals surface area contributed by atoms with Crippen LogP contribution in [0.25, 0.3) is 0 Å². The van der Waals surface area contributed by atoms with Gasteiger partial charge in [0, 0.05) is 19.0 Å². The number of carbonyl (C=O) groups is 1. The van der Waals surface area contributed by atoms with Gasteiger partial charge in [0.25, 0.3) is 0 Å². The summed E-state index contributed by atoms with van der Waals surface area (Å²) in [7, 11) is -3.52. The van der Waals surface area contributed by atoms with Crippen LogP contribution in [0.1, 0.15) is 39.2 Å². The zero-order chi connectivity index (χ0) is 16.6. The predicted octanol–water partition coefficient (Wildman–Crippen LogP) is 2.08. The van der Waals surface area contributed by atoms with Crippen molar-refractivity contribution in [3.63, 3.8) is 0 Å². The van der Waals surface area contributed by atoms with Gasteiger partial charge in [-0.25, -0.2) is 13.1 Å². The maximum atomic E-state index is 12.1. The number of rotatable bonds is 9. The van der Waals surface area contributed by atoms with Gasteiger partial charge in [0.15, 0.2) is 0 Å². The Balaban J connectivity index is 2.47. The minimum Gasteiger partial charge on any atom is -0.355 e. The van der Waals surface area contributed by atoms with Crippen LogP contribution in [0, 0.1) is 5.92 Å². The number of carbonyl (C=O) groups excluding carboxylic acids is 1. The summed E-state index contributed by atoms with van der Waals surface area (Å²) in [5, 5.41) is 2.76. The van der Waals surface area contributed by atoms with E-state index in [9.17, 15) is 13.2 Å². The van der Waals surface area contributed by atoms with E-state index in [4.69, 9.17) is 0 Å². The summed E-state index contributed by atoms with van der Waals surface area (Å²) in [4.78, 5) is 12.0. The third kappa shape index (κ3) is 5.42. The molecule has 0 unspecified atom stereocenters. The maximum Gasteiger partial charge on any atom is 0.240 e. The molecule has 2 N–H and O–H groups in total. The molecule has 0 aliphatic rings. The predicted molar refractivity (Wildman–Crippen MR) is 88.1 cm³/mol. The fraction of sp³-hybridized carbons (Fsp3) is 0.562. The van der Waals surface area contributed by atoms with Crippen LogP contribution in [0.4, 0.5) is 0 Å². The van der Waals surface area contributed by atoms with Gasteiger partial charge in [-0.2, -0.15) is 0 Å². The van der Waals surface area contributed by atoms with E-state index in [1.807, 2.05) is 32.9 Å².